The van der Waals surface area contributed by atoms with Crippen molar-refractivity contribution in [3.63, 3.8) is 0 Å². The molecule has 1 saturated carbocycles. The van der Waals surface area contributed by atoms with E-state index in [2.05, 4.69) is 0 Å². The number of carbonyl (C=O) groups excluding carboxylic acids is 2. The Bertz CT molecular complexity index is 994. The predicted octanol–water partition coefficient (Wildman–Crippen LogP) is 7.74. The summed E-state index contributed by atoms with van der Waals surface area (Å²) in [6.45, 7) is 5.60. The van der Waals surface area contributed by atoms with Crippen LogP contribution in [0.4, 0.5) is 0 Å². The number of halogens is 3. The fraction of sp³-hybridized carbons (Fsp3) is 0.364. The molecule has 29 heavy (non-hydrogen) atoms. The number of hydrogen-bond acceptors (Lipinski definition) is 3. The number of carbonyl (C=O) groups is 2. The van der Waals surface area contributed by atoms with Gasteiger partial charge in [0.05, 0.1) is 15.6 Å². The molecule has 1 aliphatic rings. The van der Waals surface area contributed by atoms with Crippen LogP contribution in [0.25, 0.3) is 0 Å². The van der Waals surface area contributed by atoms with Gasteiger partial charge in [-0.3, -0.25) is 14.2 Å². The Hall–Kier alpha value is -1.25. The molecule has 3 nitrogen and oxygen atoms in total. The third-order valence-electron chi connectivity index (χ3n) is 5.55. The molecule has 1 radical (unpaired) electrons. The Morgan fingerprint density at radius 3 is 1.83 bits per heavy atom. The van der Waals surface area contributed by atoms with Crippen LogP contribution in [0.15, 0.2) is 24.3 Å². The summed E-state index contributed by atoms with van der Waals surface area (Å²) in [5.41, 5.74) is 2.60. The van der Waals surface area contributed by atoms with Crippen molar-refractivity contribution in [1.82, 2.24) is 0 Å². The van der Waals surface area contributed by atoms with Crippen molar-refractivity contribution in [3.8, 4) is 0 Å². The first-order valence-electron chi connectivity index (χ1n) is 9.37. The topological polar surface area (TPSA) is 51.2 Å². The van der Waals surface area contributed by atoms with Crippen molar-refractivity contribution in [3.05, 3.63) is 67.2 Å². The summed E-state index contributed by atoms with van der Waals surface area (Å²) in [7, 11) is -2.53. The Kier molecular flexibility index (Phi) is 6.56. The predicted molar refractivity (Wildman–Crippen MR) is 120 cm³/mol. The van der Waals surface area contributed by atoms with Crippen molar-refractivity contribution in [2.75, 3.05) is 0 Å². The molecular formula is C22H21Cl3O3P. The van der Waals surface area contributed by atoms with Crippen LogP contribution in [-0.2, 0) is 4.57 Å². The van der Waals surface area contributed by atoms with Gasteiger partial charge in [0.25, 0.3) is 0 Å². The second-order valence-electron chi connectivity index (χ2n) is 7.69. The van der Waals surface area contributed by atoms with Gasteiger partial charge in [0.1, 0.15) is 5.16 Å². The summed E-state index contributed by atoms with van der Waals surface area (Å²) in [6, 6.07) is 6.65. The molecule has 0 amide bonds. The lowest BCUT2D eigenvalue weighted by molar-refractivity contribution is 0.0931. The quantitative estimate of drug-likeness (QED) is 0.332. The molecule has 0 aromatic heterocycles. The lowest BCUT2D eigenvalue weighted by atomic mass is 9.95. The minimum absolute atomic E-state index is 0.0909. The van der Waals surface area contributed by atoms with E-state index in [0.29, 0.717) is 23.4 Å². The molecule has 0 saturated heterocycles. The number of benzene rings is 2. The van der Waals surface area contributed by atoms with E-state index < -0.39 is 24.3 Å². The van der Waals surface area contributed by atoms with Crippen LogP contribution >= 0.6 is 42.6 Å². The highest BCUT2D eigenvalue weighted by molar-refractivity contribution is 7.67. The van der Waals surface area contributed by atoms with Gasteiger partial charge in [-0.05, 0) is 56.9 Å². The first-order chi connectivity index (χ1) is 13.6. The highest BCUT2D eigenvalue weighted by Crippen LogP contribution is 2.55. The van der Waals surface area contributed by atoms with Crippen LogP contribution in [0.1, 0.15) is 63.1 Å². The van der Waals surface area contributed by atoms with E-state index in [1.165, 1.54) is 12.1 Å². The summed E-state index contributed by atoms with van der Waals surface area (Å²) in [5.74, 6) is -0.432. The maximum atomic E-state index is 13.6. The maximum Gasteiger partial charge on any atom is 0.243 e. The van der Waals surface area contributed by atoms with Crippen molar-refractivity contribution < 1.29 is 14.2 Å². The third-order valence-corrected chi connectivity index (χ3v) is 8.39. The van der Waals surface area contributed by atoms with Gasteiger partial charge in [-0.25, -0.2) is 0 Å². The molecule has 0 spiro atoms. The zero-order valence-electron chi connectivity index (χ0n) is 16.4. The molecule has 0 aliphatic heterocycles. The van der Waals surface area contributed by atoms with E-state index in [9.17, 15) is 14.2 Å². The molecule has 1 unspecified atom stereocenters. The molecule has 1 aliphatic carbocycles. The zero-order valence-corrected chi connectivity index (χ0v) is 19.6. The number of ketones is 1. The Morgan fingerprint density at radius 2 is 1.34 bits per heavy atom. The van der Waals surface area contributed by atoms with Gasteiger partial charge in [0.15, 0.2) is 13.6 Å². The van der Waals surface area contributed by atoms with E-state index in [1.54, 1.807) is 0 Å². The fourth-order valence-corrected chi connectivity index (χ4v) is 7.24. The molecule has 2 aromatic carbocycles. The summed E-state index contributed by atoms with van der Waals surface area (Å²) in [5, 5.41) is -0.768. The molecule has 0 bridgehead atoms. The van der Waals surface area contributed by atoms with Crippen molar-refractivity contribution in [2.45, 2.75) is 51.6 Å². The molecule has 0 N–H and O–H groups in total. The van der Waals surface area contributed by atoms with Gasteiger partial charge < -0.3 is 0 Å². The molecule has 0 heterocycles. The van der Waals surface area contributed by atoms with E-state index in [1.807, 2.05) is 32.9 Å². The van der Waals surface area contributed by atoms with Crippen LogP contribution in [0.2, 0.25) is 15.1 Å². The number of Topliss-reactive ketones (excluding diaryl/α,β-unsaturated/α-hetero) is 1. The third kappa shape index (κ3) is 4.03. The number of hydrogen-bond donors (Lipinski definition) is 0. The lowest BCUT2D eigenvalue weighted by Gasteiger charge is -2.27. The van der Waals surface area contributed by atoms with Crippen molar-refractivity contribution in [2.24, 2.45) is 0 Å². The summed E-state index contributed by atoms with van der Waals surface area (Å²) in [6.07, 6.45) is 2.17. The van der Waals surface area contributed by atoms with Gasteiger partial charge >= 0.3 is 0 Å². The second-order valence-corrected chi connectivity index (χ2v) is 10.8. The Labute approximate surface area is 186 Å². The lowest BCUT2D eigenvalue weighted by Crippen LogP contribution is -2.34. The fourth-order valence-electron chi connectivity index (χ4n) is 4.29. The van der Waals surface area contributed by atoms with Crippen molar-refractivity contribution in [1.29, 1.82) is 0 Å². The van der Waals surface area contributed by atoms with Gasteiger partial charge in [0.2, 0.25) is 5.52 Å². The van der Waals surface area contributed by atoms with Crippen LogP contribution in [0.3, 0.4) is 0 Å². The second kappa shape index (κ2) is 8.47. The SMILES string of the molecule is Cc1cc(C)c(C(=O)[P](=O)C2(C(=O)c3c(Cl)cc(Cl)cc3Cl)CCCC2)c(C)c1. The van der Waals surface area contributed by atoms with Gasteiger partial charge in [-0.15, -0.1) is 0 Å². The summed E-state index contributed by atoms with van der Waals surface area (Å²) >= 11 is 18.5. The zero-order chi connectivity index (χ0) is 21.5. The maximum absolute atomic E-state index is 13.6. The molecule has 1 atom stereocenters. The molecule has 153 valence electrons. The van der Waals surface area contributed by atoms with Crippen LogP contribution in [0, 0.1) is 20.8 Å². The van der Waals surface area contributed by atoms with Crippen LogP contribution in [-0.4, -0.2) is 16.5 Å². The average Bonchev–Trinajstić information content (AvgIpc) is 3.10. The standard InChI is InChI=1S/C22H21Cl3O3P/c1-12-8-13(2)18(14(3)9-12)21(27)29(28)22(6-4-5-7-22)20(26)19-16(24)10-15(23)11-17(19)25/h8-11H,4-7H2,1-3H3. The van der Waals surface area contributed by atoms with Gasteiger partial charge in [0, 0.05) is 10.6 Å². The normalized spacial score (nSPS) is 16.0. The highest BCUT2D eigenvalue weighted by Gasteiger charge is 2.51. The van der Waals surface area contributed by atoms with E-state index in [-0.39, 0.29) is 15.6 Å². The molecule has 1 fully saturated rings. The van der Waals surface area contributed by atoms with E-state index >= 15 is 0 Å². The summed E-state index contributed by atoms with van der Waals surface area (Å²) in [4.78, 5) is 26.9. The van der Waals surface area contributed by atoms with Crippen molar-refractivity contribution >= 4 is 53.9 Å². The van der Waals surface area contributed by atoms with Crippen LogP contribution < -0.4 is 0 Å². The van der Waals surface area contributed by atoms with Gasteiger partial charge in [-0.2, -0.15) is 0 Å². The summed E-state index contributed by atoms with van der Waals surface area (Å²) < 4.78 is 13.6. The van der Waals surface area contributed by atoms with E-state index in [4.69, 9.17) is 34.8 Å². The van der Waals surface area contributed by atoms with E-state index in [0.717, 1.165) is 29.5 Å². The molecule has 2 aromatic rings. The molecule has 7 heteroatoms. The molecule has 3 rings (SSSR count). The average molecular weight is 471 g/mol. The smallest absolute Gasteiger partial charge is 0.243 e. The number of aryl methyl sites for hydroxylation is 3. The Balaban J connectivity index is 2.09. The first-order valence-corrected chi connectivity index (χ1v) is 11.8. The molecular weight excluding hydrogens is 450 g/mol. The first kappa shape index (κ1) is 22.4. The largest absolute Gasteiger partial charge is 0.293 e. The van der Waals surface area contributed by atoms with Crippen LogP contribution in [0.5, 0.6) is 0 Å². The minimum Gasteiger partial charge on any atom is -0.293 e. The Morgan fingerprint density at radius 1 is 0.862 bits per heavy atom. The van der Waals surface area contributed by atoms with Gasteiger partial charge in [-0.1, -0.05) is 65.3 Å². The number of rotatable bonds is 5. The highest BCUT2D eigenvalue weighted by atomic mass is 35.5. The monoisotopic (exact) mass is 469 g/mol. The minimum atomic E-state index is -2.53.